The van der Waals surface area contributed by atoms with Crippen molar-refractivity contribution in [2.45, 2.75) is 25.3 Å². The molecule has 120 valence electrons. The van der Waals surface area contributed by atoms with Gasteiger partial charge in [-0.1, -0.05) is 19.9 Å². The molecule has 0 atom stereocenters. The van der Waals surface area contributed by atoms with Crippen LogP contribution in [0, 0.1) is 11.2 Å². The summed E-state index contributed by atoms with van der Waals surface area (Å²) in [5, 5.41) is 8.91. The highest BCUT2D eigenvalue weighted by atomic mass is 32.2. The minimum atomic E-state index is -3.91. The van der Waals surface area contributed by atoms with Gasteiger partial charge >= 0.3 is 0 Å². The number of nitrogens with one attached hydrogen (secondary N) is 1. The maximum Gasteiger partial charge on any atom is 0.243 e. The van der Waals surface area contributed by atoms with Gasteiger partial charge in [-0.3, -0.25) is 0 Å². The molecule has 1 aromatic rings. The first-order chi connectivity index (χ1) is 9.57. The Bertz CT molecular complexity index is 586. The lowest BCUT2D eigenvalue weighted by molar-refractivity contribution is 0.242. The van der Waals surface area contributed by atoms with Crippen LogP contribution in [0.5, 0.6) is 0 Å². The van der Waals surface area contributed by atoms with E-state index in [4.69, 9.17) is 5.11 Å². The first kappa shape index (κ1) is 18.0. The van der Waals surface area contributed by atoms with Crippen molar-refractivity contribution in [3.05, 3.63) is 29.6 Å². The number of sulfonamides is 1. The van der Waals surface area contributed by atoms with Crippen LogP contribution in [0.2, 0.25) is 0 Å². The number of aliphatic hydroxyl groups is 1. The maximum atomic E-state index is 13.8. The molecular weight excluding hydrogens is 295 g/mol. The normalized spacial score (nSPS) is 12.9. The summed E-state index contributed by atoms with van der Waals surface area (Å²) in [5.74, 6) is -0.862. The summed E-state index contributed by atoms with van der Waals surface area (Å²) >= 11 is 0. The highest BCUT2D eigenvalue weighted by Gasteiger charge is 2.25. The SMILES string of the molecule is CN(C)CC(C)(C)CNS(=O)(=O)c1ccc(CO)cc1F. The van der Waals surface area contributed by atoms with Gasteiger partial charge in [0.2, 0.25) is 10.0 Å². The van der Waals surface area contributed by atoms with Gasteiger partial charge in [-0.15, -0.1) is 0 Å². The van der Waals surface area contributed by atoms with Crippen LogP contribution in [0.4, 0.5) is 4.39 Å². The van der Waals surface area contributed by atoms with Crippen molar-refractivity contribution >= 4 is 10.0 Å². The first-order valence-electron chi connectivity index (χ1n) is 6.61. The van der Waals surface area contributed by atoms with E-state index >= 15 is 0 Å². The van der Waals surface area contributed by atoms with E-state index in [9.17, 15) is 12.8 Å². The summed E-state index contributed by atoms with van der Waals surface area (Å²) < 4.78 is 40.6. The van der Waals surface area contributed by atoms with Crippen LogP contribution in [0.25, 0.3) is 0 Å². The van der Waals surface area contributed by atoms with E-state index in [1.807, 2.05) is 32.8 Å². The molecule has 0 saturated carbocycles. The summed E-state index contributed by atoms with van der Waals surface area (Å²) in [6.07, 6.45) is 0. The summed E-state index contributed by atoms with van der Waals surface area (Å²) in [7, 11) is -0.0975. The van der Waals surface area contributed by atoms with Crippen molar-refractivity contribution in [1.82, 2.24) is 9.62 Å². The third-order valence-electron chi connectivity index (χ3n) is 2.95. The van der Waals surface area contributed by atoms with Crippen LogP contribution in [-0.4, -0.2) is 45.6 Å². The van der Waals surface area contributed by atoms with Crippen molar-refractivity contribution < 1.29 is 17.9 Å². The van der Waals surface area contributed by atoms with Crippen molar-refractivity contribution in [3.63, 3.8) is 0 Å². The molecule has 7 heteroatoms. The van der Waals surface area contributed by atoms with Gasteiger partial charge in [0.05, 0.1) is 6.61 Å². The van der Waals surface area contributed by atoms with Gasteiger partial charge in [0.1, 0.15) is 10.7 Å². The first-order valence-corrected chi connectivity index (χ1v) is 8.09. The van der Waals surface area contributed by atoms with Crippen molar-refractivity contribution in [1.29, 1.82) is 0 Å². The lowest BCUT2D eigenvalue weighted by atomic mass is 9.93. The van der Waals surface area contributed by atoms with E-state index in [-0.39, 0.29) is 18.6 Å². The van der Waals surface area contributed by atoms with Crippen LogP contribution < -0.4 is 4.72 Å². The summed E-state index contributed by atoms with van der Waals surface area (Å²) in [5.41, 5.74) is 0.0531. The van der Waals surface area contributed by atoms with Crippen molar-refractivity contribution in [2.24, 2.45) is 5.41 Å². The molecule has 5 nitrogen and oxygen atoms in total. The van der Waals surface area contributed by atoms with Gasteiger partial charge in [0.15, 0.2) is 0 Å². The fourth-order valence-electron chi connectivity index (χ4n) is 2.14. The Hall–Kier alpha value is -1.02. The van der Waals surface area contributed by atoms with Crippen LogP contribution in [0.1, 0.15) is 19.4 Å². The zero-order chi connectivity index (χ0) is 16.3. The minimum absolute atomic E-state index is 0.203. The molecule has 0 aliphatic rings. The number of aliphatic hydroxyl groups excluding tert-OH is 1. The number of nitrogens with zero attached hydrogens (tertiary/aromatic N) is 1. The quantitative estimate of drug-likeness (QED) is 0.792. The molecule has 0 radical (unpaired) electrons. The Labute approximate surface area is 125 Å². The van der Waals surface area contributed by atoms with Gasteiger partial charge < -0.3 is 10.0 Å². The molecular formula is C14H23FN2O3S. The minimum Gasteiger partial charge on any atom is -0.392 e. The zero-order valence-electron chi connectivity index (χ0n) is 12.9. The van der Waals surface area contributed by atoms with Gasteiger partial charge in [-0.2, -0.15) is 0 Å². The Balaban J connectivity index is 2.87. The molecule has 0 spiro atoms. The number of hydrogen-bond acceptors (Lipinski definition) is 4. The molecule has 0 bridgehead atoms. The number of benzene rings is 1. The number of halogens is 1. The third-order valence-corrected chi connectivity index (χ3v) is 4.39. The largest absolute Gasteiger partial charge is 0.392 e. The van der Waals surface area contributed by atoms with E-state index in [2.05, 4.69) is 4.72 Å². The second-order valence-corrected chi connectivity index (χ2v) is 7.88. The monoisotopic (exact) mass is 318 g/mol. The average Bonchev–Trinajstić information content (AvgIpc) is 2.34. The molecule has 1 rings (SSSR count). The molecule has 0 saturated heterocycles. The van der Waals surface area contributed by atoms with E-state index in [1.54, 1.807) is 0 Å². The fraction of sp³-hybridized carbons (Fsp3) is 0.571. The van der Waals surface area contributed by atoms with Crippen LogP contribution in [-0.2, 0) is 16.6 Å². The Morgan fingerprint density at radius 3 is 2.43 bits per heavy atom. The molecule has 2 N–H and O–H groups in total. The smallest absolute Gasteiger partial charge is 0.243 e. The van der Waals surface area contributed by atoms with Crippen LogP contribution >= 0.6 is 0 Å². The highest BCUT2D eigenvalue weighted by Crippen LogP contribution is 2.19. The van der Waals surface area contributed by atoms with Crippen LogP contribution in [0.15, 0.2) is 23.1 Å². The second kappa shape index (κ2) is 6.83. The predicted octanol–water partition coefficient (Wildman–Crippen LogP) is 1.18. The zero-order valence-corrected chi connectivity index (χ0v) is 13.7. The number of hydrogen-bond donors (Lipinski definition) is 2. The van der Waals surface area contributed by atoms with Gasteiger partial charge in [0.25, 0.3) is 0 Å². The van der Waals surface area contributed by atoms with Crippen molar-refractivity contribution in [2.75, 3.05) is 27.2 Å². The Kier molecular flexibility index (Phi) is 5.86. The molecule has 0 aliphatic heterocycles. The molecule has 0 unspecified atom stereocenters. The third kappa shape index (κ3) is 5.35. The van der Waals surface area contributed by atoms with E-state index < -0.39 is 20.7 Å². The standard InChI is InChI=1S/C14H23FN2O3S/c1-14(2,10-17(3)4)9-16-21(19,20)13-6-5-11(8-18)7-12(13)15/h5-7,16,18H,8-10H2,1-4H3. The number of rotatable bonds is 7. The lowest BCUT2D eigenvalue weighted by Gasteiger charge is -2.28. The average molecular weight is 318 g/mol. The summed E-state index contributed by atoms with van der Waals surface area (Å²) in [4.78, 5) is 1.56. The van der Waals surface area contributed by atoms with E-state index in [0.717, 1.165) is 6.07 Å². The van der Waals surface area contributed by atoms with Gasteiger partial charge in [-0.05, 0) is 37.2 Å². The van der Waals surface area contributed by atoms with E-state index in [0.29, 0.717) is 12.1 Å². The molecule has 0 aliphatic carbocycles. The Morgan fingerprint density at radius 2 is 1.95 bits per heavy atom. The highest BCUT2D eigenvalue weighted by molar-refractivity contribution is 7.89. The fourth-order valence-corrected chi connectivity index (χ4v) is 3.44. The molecule has 0 aromatic heterocycles. The predicted molar refractivity (Wildman–Crippen MR) is 79.8 cm³/mol. The topological polar surface area (TPSA) is 69.6 Å². The van der Waals surface area contributed by atoms with Crippen LogP contribution in [0.3, 0.4) is 0 Å². The molecule has 0 fully saturated rings. The molecule has 0 amide bonds. The van der Waals surface area contributed by atoms with E-state index in [1.165, 1.54) is 12.1 Å². The maximum absolute atomic E-state index is 13.8. The lowest BCUT2D eigenvalue weighted by Crippen LogP contribution is -2.40. The second-order valence-electron chi connectivity index (χ2n) is 6.15. The van der Waals surface area contributed by atoms with Gasteiger partial charge in [0, 0.05) is 13.1 Å². The van der Waals surface area contributed by atoms with Crippen molar-refractivity contribution in [3.8, 4) is 0 Å². The summed E-state index contributed by atoms with van der Waals surface area (Å²) in [6, 6.07) is 3.59. The summed E-state index contributed by atoms with van der Waals surface area (Å²) in [6.45, 7) is 4.43. The molecule has 0 heterocycles. The molecule has 21 heavy (non-hydrogen) atoms. The van der Waals surface area contributed by atoms with Gasteiger partial charge in [-0.25, -0.2) is 17.5 Å². The molecule has 1 aromatic carbocycles. The Morgan fingerprint density at radius 1 is 1.33 bits per heavy atom.